The first kappa shape index (κ1) is 20.5. The van der Waals surface area contributed by atoms with Crippen molar-refractivity contribution >= 4 is 16.9 Å². The van der Waals surface area contributed by atoms with E-state index in [0.29, 0.717) is 33.5 Å². The van der Waals surface area contributed by atoms with Gasteiger partial charge in [0.25, 0.3) is 5.91 Å². The van der Waals surface area contributed by atoms with E-state index in [1.165, 1.54) is 0 Å². The van der Waals surface area contributed by atoms with Gasteiger partial charge in [0.15, 0.2) is 0 Å². The van der Waals surface area contributed by atoms with Crippen molar-refractivity contribution < 1.29 is 30.0 Å². The first-order chi connectivity index (χ1) is 14.4. The maximum atomic E-state index is 11.8. The van der Waals surface area contributed by atoms with Crippen LogP contribution in [0.4, 0.5) is 0 Å². The normalized spacial score (nSPS) is 26.6. The first-order valence-electron chi connectivity index (χ1n) is 9.55. The lowest BCUT2D eigenvalue weighted by Crippen LogP contribution is -2.55. The number of nitrogens with zero attached hydrogens (tertiary/aromatic N) is 1. The van der Waals surface area contributed by atoms with Crippen molar-refractivity contribution in [2.24, 2.45) is 0 Å². The minimum Gasteiger partial charge on any atom is -0.394 e. The Morgan fingerprint density at radius 2 is 1.93 bits per heavy atom. The van der Waals surface area contributed by atoms with Crippen LogP contribution in [-0.2, 0) is 4.74 Å². The summed E-state index contributed by atoms with van der Waals surface area (Å²) < 4.78 is 5.64. The van der Waals surface area contributed by atoms with Gasteiger partial charge in [-0.15, -0.1) is 0 Å². The third-order valence-corrected chi connectivity index (χ3v) is 5.35. The molecule has 5 atom stereocenters. The van der Waals surface area contributed by atoms with Gasteiger partial charge in [-0.25, -0.2) is 4.98 Å². The number of aromatic nitrogens is 2. The van der Waals surface area contributed by atoms with Crippen LogP contribution in [0.5, 0.6) is 0 Å². The van der Waals surface area contributed by atoms with Crippen molar-refractivity contribution in [1.29, 1.82) is 0 Å². The van der Waals surface area contributed by atoms with Crippen LogP contribution in [0.2, 0.25) is 0 Å². The number of imidazole rings is 1. The minimum atomic E-state index is -1.45. The molecule has 1 amide bonds. The van der Waals surface area contributed by atoms with Gasteiger partial charge in [0.2, 0.25) is 0 Å². The Bertz CT molecular complexity index is 1070. The monoisotopic (exact) mass is 413 g/mol. The van der Waals surface area contributed by atoms with Crippen LogP contribution >= 0.6 is 0 Å². The number of rotatable bonds is 4. The van der Waals surface area contributed by atoms with E-state index in [0.717, 1.165) is 0 Å². The molecule has 1 aromatic heterocycles. The van der Waals surface area contributed by atoms with Crippen molar-refractivity contribution in [3.63, 3.8) is 0 Å². The molecule has 0 aliphatic carbocycles. The highest BCUT2D eigenvalue weighted by Crippen LogP contribution is 2.34. The number of aliphatic hydroxyl groups is 4. The number of benzene rings is 2. The molecule has 1 saturated heterocycles. The van der Waals surface area contributed by atoms with Crippen molar-refractivity contribution in [1.82, 2.24) is 15.3 Å². The van der Waals surface area contributed by atoms with Crippen LogP contribution in [0, 0.1) is 0 Å². The van der Waals surface area contributed by atoms with E-state index < -0.39 is 37.1 Å². The summed E-state index contributed by atoms with van der Waals surface area (Å²) in [7, 11) is 1.56. The molecule has 1 fully saturated rings. The van der Waals surface area contributed by atoms with Crippen molar-refractivity contribution in [2.75, 3.05) is 13.7 Å². The summed E-state index contributed by atoms with van der Waals surface area (Å²) in [5, 5.41) is 42.4. The number of nitrogens with one attached hydrogen (secondary N) is 2. The van der Waals surface area contributed by atoms with Crippen molar-refractivity contribution in [3.05, 3.63) is 53.6 Å². The fourth-order valence-electron chi connectivity index (χ4n) is 3.67. The van der Waals surface area contributed by atoms with Crippen LogP contribution in [-0.4, -0.2) is 74.4 Å². The third-order valence-electron chi connectivity index (χ3n) is 5.35. The maximum Gasteiger partial charge on any atom is 0.251 e. The highest BCUT2D eigenvalue weighted by atomic mass is 16.5. The van der Waals surface area contributed by atoms with Gasteiger partial charge >= 0.3 is 0 Å². The molecule has 0 radical (unpaired) electrons. The van der Waals surface area contributed by atoms with Gasteiger partial charge in [-0.05, 0) is 29.8 Å². The number of hydrogen-bond acceptors (Lipinski definition) is 7. The molecule has 0 unspecified atom stereocenters. The second kappa shape index (κ2) is 8.13. The molecule has 158 valence electrons. The summed E-state index contributed by atoms with van der Waals surface area (Å²) in [6.07, 6.45) is -6.12. The molecular weight excluding hydrogens is 390 g/mol. The molecule has 4 rings (SSSR count). The molecule has 2 heterocycles. The van der Waals surface area contributed by atoms with Crippen LogP contribution < -0.4 is 5.32 Å². The molecule has 6 N–H and O–H groups in total. The number of H-pyrrole nitrogens is 1. The Morgan fingerprint density at radius 3 is 2.67 bits per heavy atom. The average Bonchev–Trinajstić information content (AvgIpc) is 3.21. The van der Waals surface area contributed by atoms with Gasteiger partial charge in [-0.3, -0.25) is 4.79 Å². The molecule has 3 aromatic rings. The number of fused-ring (bicyclic) bond motifs is 1. The summed E-state index contributed by atoms with van der Waals surface area (Å²) in [5.74, 6) is 0.364. The van der Waals surface area contributed by atoms with Gasteiger partial charge in [-0.1, -0.05) is 18.2 Å². The quantitative estimate of drug-likeness (QED) is 0.355. The SMILES string of the molecule is CNC(=O)c1ccc2nc(-c3cccc([C@H]4O[C@H](CO)[C@@H](O)[C@H](O)[C@@H]4O)c3)[nH]c2c1. The Morgan fingerprint density at radius 1 is 1.13 bits per heavy atom. The number of aromatic amines is 1. The van der Waals surface area contributed by atoms with Crippen molar-refractivity contribution in [2.45, 2.75) is 30.5 Å². The lowest BCUT2D eigenvalue weighted by Gasteiger charge is -2.40. The Labute approximate surface area is 172 Å². The van der Waals surface area contributed by atoms with E-state index in [1.807, 2.05) is 6.07 Å². The number of ether oxygens (including phenoxy) is 1. The van der Waals surface area contributed by atoms with Crippen molar-refractivity contribution in [3.8, 4) is 11.4 Å². The highest BCUT2D eigenvalue weighted by molar-refractivity contribution is 5.97. The van der Waals surface area contributed by atoms with E-state index in [9.17, 15) is 25.2 Å². The molecule has 1 aliphatic heterocycles. The fourth-order valence-corrected chi connectivity index (χ4v) is 3.67. The number of amides is 1. The van der Waals surface area contributed by atoms with Gasteiger partial charge in [-0.2, -0.15) is 0 Å². The van der Waals surface area contributed by atoms with E-state index in [1.54, 1.807) is 43.4 Å². The molecule has 1 aliphatic rings. The van der Waals surface area contributed by atoms with E-state index in [4.69, 9.17) is 4.74 Å². The summed E-state index contributed by atoms with van der Waals surface area (Å²) in [6, 6.07) is 12.2. The standard InChI is InChI=1S/C21H23N3O6/c1-22-21(29)12-5-6-13-14(8-12)24-20(23-13)11-4-2-3-10(7-11)19-18(28)17(27)16(26)15(9-25)30-19/h2-8,15-19,25-28H,9H2,1H3,(H,22,29)(H,23,24)/t15-,16-,17+,18+,19-/m1/s1. The summed E-state index contributed by atoms with van der Waals surface area (Å²) in [5.41, 5.74) is 3.17. The van der Waals surface area contributed by atoms with Crippen LogP contribution in [0.3, 0.4) is 0 Å². The smallest absolute Gasteiger partial charge is 0.251 e. The number of hydrogen-bond donors (Lipinski definition) is 6. The zero-order valence-corrected chi connectivity index (χ0v) is 16.2. The second-order valence-corrected chi connectivity index (χ2v) is 7.27. The van der Waals surface area contributed by atoms with E-state index in [2.05, 4.69) is 15.3 Å². The summed E-state index contributed by atoms with van der Waals surface area (Å²) in [6.45, 7) is -0.488. The molecule has 0 bridgehead atoms. The average molecular weight is 413 g/mol. The minimum absolute atomic E-state index is 0.197. The lowest BCUT2D eigenvalue weighted by molar-refractivity contribution is -0.231. The zero-order valence-electron chi connectivity index (χ0n) is 16.2. The largest absolute Gasteiger partial charge is 0.394 e. The first-order valence-corrected chi connectivity index (χ1v) is 9.55. The lowest BCUT2D eigenvalue weighted by atomic mass is 9.90. The summed E-state index contributed by atoms with van der Waals surface area (Å²) in [4.78, 5) is 19.6. The number of aliphatic hydroxyl groups excluding tert-OH is 4. The summed E-state index contributed by atoms with van der Waals surface area (Å²) >= 11 is 0. The Hall–Kier alpha value is -2.82. The topological polar surface area (TPSA) is 148 Å². The van der Waals surface area contributed by atoms with Crippen LogP contribution in [0.1, 0.15) is 22.0 Å². The number of carbonyl (C=O) groups excluding carboxylic acids is 1. The predicted octanol–water partition coefficient (Wildman–Crippen LogP) is 0.104. The predicted molar refractivity (Wildman–Crippen MR) is 108 cm³/mol. The van der Waals surface area contributed by atoms with Crippen LogP contribution in [0.25, 0.3) is 22.4 Å². The van der Waals surface area contributed by atoms with E-state index in [-0.39, 0.29) is 5.91 Å². The zero-order chi connectivity index (χ0) is 21.4. The Kier molecular flexibility index (Phi) is 5.54. The second-order valence-electron chi connectivity index (χ2n) is 7.27. The molecule has 9 heteroatoms. The maximum absolute atomic E-state index is 11.8. The van der Waals surface area contributed by atoms with Crippen LogP contribution in [0.15, 0.2) is 42.5 Å². The van der Waals surface area contributed by atoms with Gasteiger partial charge < -0.3 is 35.5 Å². The Balaban J connectivity index is 1.67. The molecule has 9 nitrogen and oxygen atoms in total. The third kappa shape index (κ3) is 3.57. The highest BCUT2D eigenvalue weighted by Gasteiger charge is 2.43. The number of carbonyl (C=O) groups is 1. The molecule has 0 spiro atoms. The van der Waals surface area contributed by atoms with Gasteiger partial charge in [0.1, 0.15) is 36.3 Å². The molecule has 0 saturated carbocycles. The van der Waals surface area contributed by atoms with Gasteiger partial charge in [0, 0.05) is 18.2 Å². The molecule has 30 heavy (non-hydrogen) atoms. The molecular formula is C21H23N3O6. The van der Waals surface area contributed by atoms with Gasteiger partial charge in [0.05, 0.1) is 17.6 Å². The fraction of sp³-hybridized carbons (Fsp3) is 0.333. The molecule has 2 aromatic carbocycles. The van der Waals surface area contributed by atoms with E-state index >= 15 is 0 Å².